The first-order valence-corrected chi connectivity index (χ1v) is 13.6. The number of hydrogen-bond acceptors (Lipinski definition) is 8. The number of fused-ring (bicyclic) bond motifs is 1. The summed E-state index contributed by atoms with van der Waals surface area (Å²) in [6.07, 6.45) is 2.38. The molecule has 3 heterocycles. The molecule has 10 heteroatoms. The maximum Gasteiger partial charge on any atom is 0.270 e. The van der Waals surface area contributed by atoms with Gasteiger partial charge in [-0.25, -0.2) is 19.3 Å². The molecule has 3 N–H and O–H groups in total. The highest BCUT2D eigenvalue weighted by Gasteiger charge is 2.16. The number of halogens is 1. The number of amides is 1. The van der Waals surface area contributed by atoms with Gasteiger partial charge in [0, 0.05) is 41.6 Å². The summed E-state index contributed by atoms with van der Waals surface area (Å²) in [5, 5.41) is 12.2. The fraction of sp³-hybridized carbons (Fsp3) is 0.185. The molecule has 0 bridgehead atoms. The fourth-order valence-corrected chi connectivity index (χ4v) is 5.31. The average molecular weight is 533 g/mol. The van der Waals surface area contributed by atoms with Crippen LogP contribution in [0.15, 0.2) is 65.6 Å². The first-order valence-electron chi connectivity index (χ1n) is 11.8. The van der Waals surface area contributed by atoms with Crippen molar-refractivity contribution in [1.29, 1.82) is 0 Å². The monoisotopic (exact) mass is 532 g/mol. The van der Waals surface area contributed by atoms with Crippen LogP contribution in [0.4, 0.5) is 21.6 Å². The minimum atomic E-state index is -0.273. The van der Waals surface area contributed by atoms with Crippen molar-refractivity contribution in [3.63, 3.8) is 0 Å². The molecule has 7 nitrogen and oxygen atoms in total. The highest BCUT2D eigenvalue weighted by atomic mass is 32.1. The first kappa shape index (κ1) is 24.8. The van der Waals surface area contributed by atoms with E-state index in [0.29, 0.717) is 29.5 Å². The van der Waals surface area contributed by atoms with Crippen molar-refractivity contribution in [2.75, 3.05) is 17.2 Å². The van der Waals surface area contributed by atoms with Gasteiger partial charge in [-0.3, -0.25) is 4.79 Å². The number of pyridine rings is 1. The van der Waals surface area contributed by atoms with Crippen molar-refractivity contribution in [2.24, 2.45) is 0 Å². The molecule has 0 fully saturated rings. The third-order valence-electron chi connectivity index (χ3n) is 5.53. The SMILES string of the molecule is CC(C)Nc1cc(Nc2ccc3ncsc3c2)ncc1-c1nc(C(=O)NCCc2ccc(F)cc2)cs1. The van der Waals surface area contributed by atoms with E-state index in [1.165, 1.54) is 23.5 Å². The van der Waals surface area contributed by atoms with Crippen LogP contribution < -0.4 is 16.0 Å². The van der Waals surface area contributed by atoms with Crippen molar-refractivity contribution in [3.8, 4) is 10.6 Å². The van der Waals surface area contributed by atoms with Crippen LogP contribution in [0.5, 0.6) is 0 Å². The number of benzene rings is 2. The fourth-order valence-electron chi connectivity index (χ4n) is 3.77. The molecule has 0 aliphatic carbocycles. The van der Waals surface area contributed by atoms with Crippen molar-refractivity contribution >= 4 is 56.0 Å². The lowest BCUT2D eigenvalue weighted by Crippen LogP contribution is -2.25. The lowest BCUT2D eigenvalue weighted by Gasteiger charge is -2.15. The summed E-state index contributed by atoms with van der Waals surface area (Å²) in [6.45, 7) is 4.57. The molecule has 0 aliphatic rings. The van der Waals surface area contributed by atoms with E-state index in [1.54, 1.807) is 35.0 Å². The van der Waals surface area contributed by atoms with Crippen LogP contribution in [-0.4, -0.2) is 33.4 Å². The van der Waals surface area contributed by atoms with Crippen LogP contribution in [0.3, 0.4) is 0 Å². The Morgan fingerprint density at radius 3 is 2.70 bits per heavy atom. The molecule has 0 aliphatic heterocycles. The van der Waals surface area contributed by atoms with Crippen LogP contribution in [0, 0.1) is 5.82 Å². The topological polar surface area (TPSA) is 91.8 Å². The Balaban J connectivity index is 1.30. The number of nitrogens with zero attached hydrogens (tertiary/aromatic N) is 3. The Bertz CT molecular complexity index is 1530. The van der Waals surface area contributed by atoms with E-state index < -0.39 is 0 Å². The summed E-state index contributed by atoms with van der Waals surface area (Å²) in [5.41, 5.74) is 6.75. The van der Waals surface area contributed by atoms with E-state index in [0.717, 1.165) is 32.7 Å². The van der Waals surface area contributed by atoms with Gasteiger partial charge >= 0.3 is 0 Å². The van der Waals surface area contributed by atoms with E-state index >= 15 is 0 Å². The van der Waals surface area contributed by atoms with E-state index in [-0.39, 0.29) is 17.8 Å². The van der Waals surface area contributed by atoms with Crippen LogP contribution in [0.1, 0.15) is 29.9 Å². The standard InChI is InChI=1S/C27H25FN6OS2/c1-16(2)32-22-12-25(33-19-7-8-21-24(11-19)37-15-31-21)30-13-20(22)27-34-23(14-36-27)26(35)29-10-9-17-3-5-18(28)6-4-17/h3-8,11-16H,9-10H2,1-2H3,(H,29,35)(H2,30,32,33). The zero-order valence-electron chi connectivity index (χ0n) is 20.3. The molecule has 0 atom stereocenters. The minimum absolute atomic E-state index is 0.191. The molecule has 1 amide bonds. The Morgan fingerprint density at radius 1 is 1.05 bits per heavy atom. The lowest BCUT2D eigenvalue weighted by molar-refractivity contribution is 0.0950. The van der Waals surface area contributed by atoms with E-state index in [9.17, 15) is 9.18 Å². The van der Waals surface area contributed by atoms with Gasteiger partial charge in [0.05, 0.1) is 21.3 Å². The number of aromatic nitrogens is 3. The molecular weight excluding hydrogens is 507 g/mol. The van der Waals surface area contributed by atoms with Gasteiger partial charge in [0.2, 0.25) is 0 Å². The number of rotatable bonds is 9. The summed E-state index contributed by atoms with van der Waals surface area (Å²) in [6, 6.07) is 14.4. The summed E-state index contributed by atoms with van der Waals surface area (Å²) in [7, 11) is 0. The van der Waals surface area contributed by atoms with Gasteiger partial charge in [0.1, 0.15) is 22.3 Å². The van der Waals surface area contributed by atoms with Crippen LogP contribution >= 0.6 is 22.7 Å². The predicted octanol–water partition coefficient (Wildman–Crippen LogP) is 6.49. The first-order chi connectivity index (χ1) is 17.9. The van der Waals surface area contributed by atoms with Crippen molar-refractivity contribution < 1.29 is 9.18 Å². The van der Waals surface area contributed by atoms with Crippen LogP contribution in [0.2, 0.25) is 0 Å². The Kier molecular flexibility index (Phi) is 7.38. The summed E-state index contributed by atoms with van der Waals surface area (Å²) in [4.78, 5) is 26.2. The number of nitrogens with one attached hydrogen (secondary N) is 3. The highest BCUT2D eigenvalue weighted by molar-refractivity contribution is 7.16. The number of thiazole rings is 2. The van der Waals surface area contributed by atoms with Gasteiger partial charge in [-0.1, -0.05) is 12.1 Å². The van der Waals surface area contributed by atoms with Gasteiger partial charge in [-0.15, -0.1) is 22.7 Å². The third-order valence-corrected chi connectivity index (χ3v) is 7.20. The second-order valence-corrected chi connectivity index (χ2v) is 10.5. The van der Waals surface area contributed by atoms with E-state index in [2.05, 4.69) is 50.8 Å². The molecule has 37 heavy (non-hydrogen) atoms. The number of hydrogen-bond donors (Lipinski definition) is 3. The molecular formula is C27H25FN6OS2. The quantitative estimate of drug-likeness (QED) is 0.201. The maximum absolute atomic E-state index is 13.1. The van der Waals surface area contributed by atoms with Crippen molar-refractivity contribution in [1.82, 2.24) is 20.3 Å². The molecule has 2 aromatic carbocycles. The molecule has 5 rings (SSSR count). The van der Waals surface area contributed by atoms with E-state index in [1.807, 2.05) is 23.7 Å². The lowest BCUT2D eigenvalue weighted by atomic mass is 10.1. The van der Waals surface area contributed by atoms with Crippen LogP contribution in [0.25, 0.3) is 20.8 Å². The van der Waals surface area contributed by atoms with Crippen molar-refractivity contribution in [3.05, 3.63) is 82.7 Å². The van der Waals surface area contributed by atoms with Gasteiger partial charge in [0.15, 0.2) is 0 Å². The molecule has 0 spiro atoms. The Hall–Kier alpha value is -3.89. The number of carbonyl (C=O) groups is 1. The van der Waals surface area contributed by atoms with Crippen LogP contribution in [-0.2, 0) is 6.42 Å². The Morgan fingerprint density at radius 2 is 1.89 bits per heavy atom. The summed E-state index contributed by atoms with van der Waals surface area (Å²) in [5.74, 6) is 0.184. The van der Waals surface area contributed by atoms with Crippen molar-refractivity contribution in [2.45, 2.75) is 26.3 Å². The van der Waals surface area contributed by atoms with E-state index in [4.69, 9.17) is 0 Å². The smallest absolute Gasteiger partial charge is 0.270 e. The predicted molar refractivity (Wildman–Crippen MR) is 149 cm³/mol. The van der Waals surface area contributed by atoms with Gasteiger partial charge < -0.3 is 16.0 Å². The summed E-state index contributed by atoms with van der Waals surface area (Å²) >= 11 is 2.99. The van der Waals surface area contributed by atoms with Gasteiger partial charge in [0.25, 0.3) is 5.91 Å². The second-order valence-electron chi connectivity index (χ2n) is 8.74. The van der Waals surface area contributed by atoms with Gasteiger partial charge in [-0.05, 0) is 56.2 Å². The largest absolute Gasteiger partial charge is 0.382 e. The zero-order chi connectivity index (χ0) is 25.8. The molecule has 188 valence electrons. The number of anilines is 3. The molecule has 0 unspecified atom stereocenters. The van der Waals surface area contributed by atoms with Gasteiger partial charge in [-0.2, -0.15) is 0 Å². The zero-order valence-corrected chi connectivity index (χ0v) is 21.9. The highest BCUT2D eigenvalue weighted by Crippen LogP contribution is 2.33. The average Bonchev–Trinajstić information content (AvgIpc) is 3.55. The normalized spacial score (nSPS) is 11.1. The second kappa shape index (κ2) is 11.0. The molecule has 0 saturated heterocycles. The Labute approximate surface area is 221 Å². The summed E-state index contributed by atoms with van der Waals surface area (Å²) < 4.78 is 14.2. The molecule has 0 saturated carbocycles. The number of carbonyl (C=O) groups excluding carboxylic acids is 1. The molecule has 0 radical (unpaired) electrons. The maximum atomic E-state index is 13.1. The molecule has 3 aromatic heterocycles. The minimum Gasteiger partial charge on any atom is -0.382 e. The third kappa shape index (κ3) is 6.10. The molecule has 5 aromatic rings.